The lowest BCUT2D eigenvalue weighted by Crippen LogP contribution is -3.13. The van der Waals surface area contributed by atoms with E-state index in [1.165, 1.54) is 10.5 Å². The summed E-state index contributed by atoms with van der Waals surface area (Å²) in [6.45, 7) is 4.53. The van der Waals surface area contributed by atoms with Gasteiger partial charge in [0, 0.05) is 11.1 Å². The standard InChI is InChI=1S/C19H21BrN2O2/c1-24-18-8-7-15(13-17(18)20)14-21-9-11-22(12-10-21)19(23)16-5-3-2-4-6-16/h2-8,13H,9-12,14H2,1H3/p+1. The molecule has 0 spiro atoms. The summed E-state index contributed by atoms with van der Waals surface area (Å²) in [7, 11) is 1.67. The van der Waals surface area contributed by atoms with Crippen molar-refractivity contribution in [2.24, 2.45) is 0 Å². The number of methoxy groups -OCH3 is 1. The molecule has 2 aromatic rings. The summed E-state index contributed by atoms with van der Waals surface area (Å²) in [5.74, 6) is 0.994. The number of quaternary nitrogens is 1. The fourth-order valence-electron chi connectivity index (χ4n) is 3.07. The number of piperazine rings is 1. The first-order valence-corrected chi connectivity index (χ1v) is 8.97. The van der Waals surface area contributed by atoms with Crippen molar-refractivity contribution in [3.8, 4) is 5.75 Å². The maximum absolute atomic E-state index is 12.5. The SMILES string of the molecule is COc1ccc(C[NH+]2CCN(C(=O)c3ccccc3)CC2)cc1Br. The summed E-state index contributed by atoms with van der Waals surface area (Å²) in [6, 6.07) is 15.8. The Morgan fingerprint density at radius 2 is 1.88 bits per heavy atom. The topological polar surface area (TPSA) is 34.0 Å². The van der Waals surface area contributed by atoms with Crippen molar-refractivity contribution in [2.75, 3.05) is 33.3 Å². The Kier molecular flexibility index (Phi) is 5.53. The van der Waals surface area contributed by atoms with Crippen LogP contribution in [0.15, 0.2) is 53.0 Å². The highest BCUT2D eigenvalue weighted by atomic mass is 79.9. The predicted octanol–water partition coefficient (Wildman–Crippen LogP) is 2.00. The van der Waals surface area contributed by atoms with Crippen molar-refractivity contribution < 1.29 is 14.4 Å². The van der Waals surface area contributed by atoms with Crippen LogP contribution in [-0.2, 0) is 6.54 Å². The zero-order valence-corrected chi connectivity index (χ0v) is 15.4. The first-order valence-electron chi connectivity index (χ1n) is 8.17. The van der Waals surface area contributed by atoms with Crippen molar-refractivity contribution in [1.82, 2.24) is 4.90 Å². The Hall–Kier alpha value is -1.85. The number of carbonyl (C=O) groups excluding carboxylic acids is 1. The maximum atomic E-state index is 12.5. The maximum Gasteiger partial charge on any atom is 0.254 e. The molecule has 2 aromatic carbocycles. The number of hydrogen-bond acceptors (Lipinski definition) is 2. The minimum Gasteiger partial charge on any atom is -0.496 e. The van der Waals surface area contributed by atoms with E-state index >= 15 is 0 Å². The largest absolute Gasteiger partial charge is 0.496 e. The molecule has 24 heavy (non-hydrogen) atoms. The molecule has 126 valence electrons. The van der Waals surface area contributed by atoms with Crippen LogP contribution in [0.2, 0.25) is 0 Å². The van der Waals surface area contributed by atoms with Gasteiger partial charge in [0.1, 0.15) is 12.3 Å². The minimum atomic E-state index is 0.141. The second-order valence-corrected chi connectivity index (χ2v) is 6.91. The molecule has 0 radical (unpaired) electrons. The van der Waals surface area contributed by atoms with E-state index in [0.29, 0.717) is 0 Å². The zero-order valence-electron chi connectivity index (χ0n) is 13.8. The predicted molar refractivity (Wildman–Crippen MR) is 97.4 cm³/mol. The third-order valence-corrected chi connectivity index (χ3v) is 5.07. The third-order valence-electron chi connectivity index (χ3n) is 4.45. The number of ether oxygens (including phenoxy) is 1. The van der Waals surface area contributed by atoms with Gasteiger partial charge in [-0.25, -0.2) is 0 Å². The van der Waals surface area contributed by atoms with Crippen LogP contribution in [-0.4, -0.2) is 44.1 Å². The first-order chi connectivity index (χ1) is 11.7. The Morgan fingerprint density at radius 3 is 2.50 bits per heavy atom. The summed E-state index contributed by atoms with van der Waals surface area (Å²) in [4.78, 5) is 15.9. The van der Waals surface area contributed by atoms with Gasteiger partial charge in [0.15, 0.2) is 0 Å². The molecule has 1 amide bonds. The van der Waals surface area contributed by atoms with Gasteiger partial charge < -0.3 is 14.5 Å². The molecule has 1 fully saturated rings. The molecule has 1 aliphatic heterocycles. The number of amides is 1. The monoisotopic (exact) mass is 389 g/mol. The highest BCUT2D eigenvalue weighted by Gasteiger charge is 2.24. The highest BCUT2D eigenvalue weighted by molar-refractivity contribution is 9.10. The Balaban J connectivity index is 1.55. The quantitative estimate of drug-likeness (QED) is 0.867. The summed E-state index contributed by atoms with van der Waals surface area (Å²) in [5.41, 5.74) is 2.06. The van der Waals surface area contributed by atoms with Crippen molar-refractivity contribution in [3.63, 3.8) is 0 Å². The average molecular weight is 390 g/mol. The number of carbonyl (C=O) groups is 1. The molecule has 0 atom stereocenters. The average Bonchev–Trinajstić information content (AvgIpc) is 2.63. The van der Waals surface area contributed by atoms with Gasteiger partial charge in [-0.15, -0.1) is 0 Å². The van der Waals surface area contributed by atoms with Gasteiger partial charge >= 0.3 is 0 Å². The van der Waals surface area contributed by atoms with E-state index < -0.39 is 0 Å². The summed E-state index contributed by atoms with van der Waals surface area (Å²) in [6.07, 6.45) is 0. The van der Waals surface area contributed by atoms with Gasteiger partial charge in [0.2, 0.25) is 0 Å². The zero-order chi connectivity index (χ0) is 16.9. The number of nitrogens with one attached hydrogen (secondary N) is 1. The molecule has 0 aliphatic carbocycles. The van der Waals surface area contributed by atoms with Gasteiger partial charge in [-0.3, -0.25) is 4.79 Å². The van der Waals surface area contributed by atoms with Crippen LogP contribution >= 0.6 is 15.9 Å². The van der Waals surface area contributed by atoms with E-state index in [1.807, 2.05) is 41.3 Å². The van der Waals surface area contributed by atoms with E-state index in [4.69, 9.17) is 4.74 Å². The van der Waals surface area contributed by atoms with Gasteiger partial charge in [0.05, 0.1) is 37.8 Å². The summed E-state index contributed by atoms with van der Waals surface area (Å²) < 4.78 is 6.26. The van der Waals surface area contributed by atoms with Crippen LogP contribution in [0.1, 0.15) is 15.9 Å². The van der Waals surface area contributed by atoms with Crippen molar-refractivity contribution in [2.45, 2.75) is 6.54 Å². The fraction of sp³-hybridized carbons (Fsp3) is 0.316. The van der Waals surface area contributed by atoms with Gasteiger partial charge in [-0.1, -0.05) is 18.2 Å². The normalized spacial score (nSPS) is 15.3. The van der Waals surface area contributed by atoms with Crippen LogP contribution in [0.3, 0.4) is 0 Å². The van der Waals surface area contributed by atoms with Crippen LogP contribution in [0.5, 0.6) is 5.75 Å². The molecule has 5 heteroatoms. The number of nitrogens with zero attached hydrogens (tertiary/aromatic N) is 1. The molecule has 3 rings (SSSR count). The number of hydrogen-bond donors (Lipinski definition) is 1. The second kappa shape index (κ2) is 7.81. The van der Waals surface area contributed by atoms with Crippen molar-refractivity contribution in [3.05, 3.63) is 64.1 Å². The molecule has 0 saturated carbocycles. The van der Waals surface area contributed by atoms with Gasteiger partial charge in [-0.05, 0) is 46.3 Å². The Bertz CT molecular complexity index is 698. The van der Waals surface area contributed by atoms with Crippen LogP contribution in [0.4, 0.5) is 0 Å². The Labute approximate surface area is 151 Å². The summed E-state index contributed by atoms with van der Waals surface area (Å²) >= 11 is 3.54. The van der Waals surface area contributed by atoms with Crippen LogP contribution in [0, 0.1) is 0 Å². The van der Waals surface area contributed by atoms with Crippen molar-refractivity contribution >= 4 is 21.8 Å². The third kappa shape index (κ3) is 3.97. The lowest BCUT2D eigenvalue weighted by Gasteiger charge is -2.32. The molecule has 4 nitrogen and oxygen atoms in total. The molecule has 0 aromatic heterocycles. The summed E-state index contributed by atoms with van der Waals surface area (Å²) in [5, 5.41) is 0. The molecule has 1 N–H and O–H groups in total. The lowest BCUT2D eigenvalue weighted by molar-refractivity contribution is -0.917. The lowest BCUT2D eigenvalue weighted by atomic mass is 10.1. The molecule has 1 heterocycles. The number of rotatable bonds is 4. The second-order valence-electron chi connectivity index (χ2n) is 6.05. The Morgan fingerprint density at radius 1 is 1.17 bits per heavy atom. The highest BCUT2D eigenvalue weighted by Crippen LogP contribution is 2.25. The molecular weight excluding hydrogens is 368 g/mol. The van der Waals surface area contributed by atoms with Crippen LogP contribution in [0.25, 0.3) is 0 Å². The van der Waals surface area contributed by atoms with E-state index in [1.54, 1.807) is 7.11 Å². The van der Waals surface area contributed by atoms with E-state index in [9.17, 15) is 4.79 Å². The molecular formula is C19H22BrN2O2+. The minimum absolute atomic E-state index is 0.141. The van der Waals surface area contributed by atoms with E-state index in [-0.39, 0.29) is 5.91 Å². The van der Waals surface area contributed by atoms with Crippen LogP contribution < -0.4 is 9.64 Å². The van der Waals surface area contributed by atoms with E-state index in [2.05, 4.69) is 28.1 Å². The first kappa shape index (κ1) is 17.0. The molecule has 0 unspecified atom stereocenters. The molecule has 1 saturated heterocycles. The number of halogens is 1. The van der Waals surface area contributed by atoms with Gasteiger partial charge in [-0.2, -0.15) is 0 Å². The molecule has 0 bridgehead atoms. The fourth-order valence-corrected chi connectivity index (χ4v) is 3.66. The smallest absolute Gasteiger partial charge is 0.254 e. The van der Waals surface area contributed by atoms with Gasteiger partial charge in [0.25, 0.3) is 5.91 Å². The number of benzene rings is 2. The van der Waals surface area contributed by atoms with Crippen molar-refractivity contribution in [1.29, 1.82) is 0 Å². The van der Waals surface area contributed by atoms with E-state index in [0.717, 1.165) is 48.5 Å². The molecule has 1 aliphatic rings.